The number of halogens is 1. The predicted molar refractivity (Wildman–Crippen MR) is 140 cm³/mol. The predicted octanol–water partition coefficient (Wildman–Crippen LogP) is 6.22. The number of aromatic amines is 1. The van der Waals surface area contributed by atoms with Crippen molar-refractivity contribution in [3.05, 3.63) is 117 Å². The van der Waals surface area contributed by atoms with Crippen LogP contribution in [0.25, 0.3) is 11.1 Å². The van der Waals surface area contributed by atoms with Crippen molar-refractivity contribution < 1.29 is 14.3 Å². The number of nitrogens with zero attached hydrogens (tertiary/aromatic N) is 1. The molecule has 0 amide bonds. The van der Waals surface area contributed by atoms with Crippen molar-refractivity contribution in [1.82, 2.24) is 9.97 Å². The maximum atomic E-state index is 13.0. The first-order valence-corrected chi connectivity index (χ1v) is 11.9. The summed E-state index contributed by atoms with van der Waals surface area (Å²) < 4.78 is 11.3. The lowest BCUT2D eigenvalue weighted by Crippen LogP contribution is -2.28. The van der Waals surface area contributed by atoms with Crippen molar-refractivity contribution in [3.63, 3.8) is 0 Å². The molecule has 36 heavy (non-hydrogen) atoms. The third-order valence-electron chi connectivity index (χ3n) is 5.23. The highest BCUT2D eigenvalue weighted by molar-refractivity contribution is 6.33. The van der Waals surface area contributed by atoms with Gasteiger partial charge in [0.15, 0.2) is 5.69 Å². The minimum atomic E-state index is -0.765. The largest absolute Gasteiger partial charge is 0.481 e. The van der Waals surface area contributed by atoms with Gasteiger partial charge >= 0.3 is 5.97 Å². The van der Waals surface area contributed by atoms with Crippen LogP contribution in [0.5, 0.6) is 5.75 Å². The van der Waals surface area contributed by atoms with Gasteiger partial charge in [0.1, 0.15) is 18.0 Å². The Balaban J connectivity index is 1.64. The van der Waals surface area contributed by atoms with E-state index in [9.17, 15) is 9.59 Å². The Morgan fingerprint density at radius 2 is 1.61 bits per heavy atom. The molecule has 0 unspecified atom stereocenters. The molecule has 4 rings (SSSR count). The number of nitrogens with one attached hydrogen (secondary N) is 1. The molecule has 3 aromatic carbocycles. The number of aromatic nitrogens is 2. The zero-order chi connectivity index (χ0) is 25.7. The molecule has 0 saturated carbocycles. The minimum Gasteiger partial charge on any atom is -0.481 e. The van der Waals surface area contributed by atoms with E-state index in [4.69, 9.17) is 21.1 Å². The van der Waals surface area contributed by atoms with Crippen LogP contribution in [-0.4, -0.2) is 21.5 Å². The van der Waals surface area contributed by atoms with Crippen molar-refractivity contribution >= 4 is 17.6 Å². The quantitative estimate of drug-likeness (QED) is 0.303. The second-order valence-electron chi connectivity index (χ2n) is 9.32. The fourth-order valence-corrected chi connectivity index (χ4v) is 3.95. The molecular formula is C29H27ClN2O4. The summed E-state index contributed by atoms with van der Waals surface area (Å²) in [4.78, 5) is 33.1. The average Bonchev–Trinajstić information content (AvgIpc) is 2.83. The Morgan fingerprint density at radius 1 is 0.944 bits per heavy atom. The summed E-state index contributed by atoms with van der Waals surface area (Å²) in [5.41, 5.74) is 2.11. The summed E-state index contributed by atoms with van der Waals surface area (Å²) in [6.07, 6.45) is 0.263. The van der Waals surface area contributed by atoms with Crippen molar-refractivity contribution in [2.45, 2.75) is 39.4 Å². The van der Waals surface area contributed by atoms with Crippen molar-refractivity contribution in [1.29, 1.82) is 0 Å². The number of hydrogen-bond acceptors (Lipinski definition) is 5. The number of esters is 1. The van der Waals surface area contributed by atoms with Crippen LogP contribution in [0.3, 0.4) is 0 Å². The number of H-pyrrole nitrogens is 1. The van der Waals surface area contributed by atoms with Gasteiger partial charge in [-0.15, -0.1) is 0 Å². The van der Waals surface area contributed by atoms with Crippen molar-refractivity contribution in [2.75, 3.05) is 0 Å². The fraction of sp³-hybridized carbons (Fsp3) is 0.207. The van der Waals surface area contributed by atoms with Crippen LogP contribution in [-0.2, 0) is 17.8 Å². The number of rotatable bonds is 7. The molecule has 7 heteroatoms. The van der Waals surface area contributed by atoms with E-state index in [0.717, 1.165) is 22.3 Å². The van der Waals surface area contributed by atoms with Crippen molar-refractivity contribution in [2.24, 2.45) is 0 Å². The maximum Gasteiger partial charge on any atom is 0.361 e. The first-order chi connectivity index (χ1) is 17.2. The van der Waals surface area contributed by atoms with Gasteiger partial charge in [0, 0.05) is 17.0 Å². The first kappa shape index (κ1) is 25.2. The van der Waals surface area contributed by atoms with Gasteiger partial charge in [0.05, 0.1) is 0 Å². The van der Waals surface area contributed by atoms with Crippen molar-refractivity contribution in [3.8, 4) is 16.9 Å². The van der Waals surface area contributed by atoms with E-state index >= 15 is 0 Å². The summed E-state index contributed by atoms with van der Waals surface area (Å²) in [7, 11) is 0. The second-order valence-corrected chi connectivity index (χ2v) is 9.73. The molecule has 184 valence electrons. The van der Waals surface area contributed by atoms with E-state index in [0.29, 0.717) is 10.8 Å². The van der Waals surface area contributed by atoms with Gasteiger partial charge in [0.25, 0.3) is 5.56 Å². The molecule has 0 aliphatic heterocycles. The van der Waals surface area contributed by atoms with Crippen LogP contribution in [0.15, 0.2) is 83.7 Å². The Kier molecular flexibility index (Phi) is 7.55. The smallest absolute Gasteiger partial charge is 0.361 e. The number of ether oxygens (including phenoxy) is 2. The lowest BCUT2D eigenvalue weighted by atomic mass is 10.0. The molecule has 1 N–H and O–H groups in total. The molecule has 0 spiro atoms. The Labute approximate surface area is 214 Å². The van der Waals surface area contributed by atoms with Gasteiger partial charge in [-0.05, 0) is 43.5 Å². The molecule has 4 aromatic rings. The van der Waals surface area contributed by atoms with Crippen LogP contribution in [0.2, 0.25) is 5.02 Å². The standard InChI is InChI=1S/C29H27ClN2O4/c1-29(2,3)36-28(34)25-26(35-18-19-10-6-4-7-11-19)27(33)32-24(31-25)17-20-14-15-22(23(30)16-20)21-12-8-5-9-13-21/h4-16H,17-18H2,1-3H3,(H,31,32,33). The van der Waals surface area contributed by atoms with E-state index in [1.165, 1.54) is 0 Å². The molecule has 0 saturated heterocycles. The normalized spacial score (nSPS) is 11.2. The van der Waals surface area contributed by atoms with Gasteiger partial charge in [-0.2, -0.15) is 0 Å². The lowest BCUT2D eigenvalue weighted by molar-refractivity contribution is 0.00572. The highest BCUT2D eigenvalue weighted by atomic mass is 35.5. The Morgan fingerprint density at radius 3 is 2.25 bits per heavy atom. The Bertz CT molecular complexity index is 1410. The molecule has 0 radical (unpaired) electrons. The molecule has 6 nitrogen and oxygen atoms in total. The maximum absolute atomic E-state index is 13.0. The minimum absolute atomic E-state index is 0.108. The van der Waals surface area contributed by atoms with Gasteiger partial charge in [-0.25, -0.2) is 9.78 Å². The number of carbonyl (C=O) groups is 1. The lowest BCUT2D eigenvalue weighted by Gasteiger charge is -2.20. The van der Waals surface area contributed by atoms with E-state index in [1.54, 1.807) is 20.8 Å². The van der Waals surface area contributed by atoms with Gasteiger partial charge < -0.3 is 14.5 Å². The number of hydrogen-bond donors (Lipinski definition) is 1. The summed E-state index contributed by atoms with van der Waals surface area (Å²) >= 11 is 6.55. The van der Waals surface area contributed by atoms with Crippen LogP contribution < -0.4 is 10.3 Å². The van der Waals surface area contributed by atoms with E-state index in [2.05, 4.69) is 9.97 Å². The number of carbonyl (C=O) groups excluding carboxylic acids is 1. The average molecular weight is 503 g/mol. The highest BCUT2D eigenvalue weighted by Gasteiger charge is 2.26. The first-order valence-electron chi connectivity index (χ1n) is 11.6. The van der Waals surface area contributed by atoms with Gasteiger partial charge in [-0.1, -0.05) is 84.4 Å². The fourth-order valence-electron chi connectivity index (χ4n) is 3.63. The summed E-state index contributed by atoms with van der Waals surface area (Å²) in [5.74, 6) is -0.596. The number of benzene rings is 3. The summed E-state index contributed by atoms with van der Waals surface area (Å²) in [6, 6.07) is 24.9. The van der Waals surface area contributed by atoms with Crippen LogP contribution in [0, 0.1) is 0 Å². The molecule has 0 bridgehead atoms. The molecule has 0 fully saturated rings. The second kappa shape index (κ2) is 10.8. The van der Waals surface area contributed by atoms with Crippen LogP contribution >= 0.6 is 11.6 Å². The SMILES string of the molecule is CC(C)(C)OC(=O)c1nc(Cc2ccc(-c3ccccc3)c(Cl)c2)[nH]c(=O)c1OCc1ccccc1. The third kappa shape index (κ3) is 6.40. The molecular weight excluding hydrogens is 476 g/mol. The third-order valence-corrected chi connectivity index (χ3v) is 5.55. The summed E-state index contributed by atoms with van der Waals surface area (Å²) in [5, 5.41) is 0.580. The van der Waals surface area contributed by atoms with Crippen LogP contribution in [0.4, 0.5) is 0 Å². The summed E-state index contributed by atoms with van der Waals surface area (Å²) in [6.45, 7) is 5.36. The molecule has 0 aliphatic carbocycles. The zero-order valence-electron chi connectivity index (χ0n) is 20.4. The zero-order valence-corrected chi connectivity index (χ0v) is 21.1. The topological polar surface area (TPSA) is 81.3 Å². The Hall–Kier alpha value is -3.90. The van der Waals surface area contributed by atoms with E-state index in [1.807, 2.05) is 78.9 Å². The van der Waals surface area contributed by atoms with Gasteiger partial charge in [-0.3, -0.25) is 4.79 Å². The van der Waals surface area contributed by atoms with E-state index in [-0.39, 0.29) is 24.5 Å². The van der Waals surface area contributed by atoms with E-state index < -0.39 is 17.1 Å². The molecule has 0 aliphatic rings. The molecule has 1 aromatic heterocycles. The van der Waals surface area contributed by atoms with Crippen LogP contribution in [0.1, 0.15) is 48.2 Å². The van der Waals surface area contributed by atoms with Gasteiger partial charge in [0.2, 0.25) is 5.75 Å². The monoisotopic (exact) mass is 502 g/mol. The molecule has 0 atom stereocenters. The molecule has 1 heterocycles. The highest BCUT2D eigenvalue weighted by Crippen LogP contribution is 2.29.